The summed E-state index contributed by atoms with van der Waals surface area (Å²) in [6, 6.07) is 3.25. The highest BCUT2D eigenvalue weighted by atomic mass is 32.2. The number of rotatable bonds is 11. The lowest BCUT2D eigenvalue weighted by Gasteiger charge is -2.27. The first-order valence-corrected chi connectivity index (χ1v) is 18.9. The van der Waals surface area contributed by atoms with Crippen LogP contribution in [0.2, 0.25) is 0 Å². The van der Waals surface area contributed by atoms with E-state index in [1.54, 1.807) is 12.1 Å². The average molecular weight is 634 g/mol. The van der Waals surface area contributed by atoms with Crippen molar-refractivity contribution in [1.82, 2.24) is 0 Å². The Balaban J connectivity index is 1.51. The van der Waals surface area contributed by atoms with Crippen molar-refractivity contribution in [2.45, 2.75) is 114 Å². The first-order chi connectivity index (χ1) is 20.1. The zero-order valence-corrected chi connectivity index (χ0v) is 27.4. The average Bonchev–Trinajstić information content (AvgIpc) is 3.41. The highest BCUT2D eigenvalue weighted by Crippen LogP contribution is 2.59. The van der Waals surface area contributed by atoms with Crippen molar-refractivity contribution in [2.75, 3.05) is 6.26 Å². The van der Waals surface area contributed by atoms with Crippen LogP contribution in [0, 0.1) is 30.2 Å². The maximum Gasteiger partial charge on any atom is 0.314 e. The van der Waals surface area contributed by atoms with E-state index in [1.807, 2.05) is 0 Å². The van der Waals surface area contributed by atoms with Crippen LogP contribution < -0.4 is 9.47 Å². The molecule has 1 aliphatic heterocycles. The quantitative estimate of drug-likeness (QED) is 0.136. The first-order valence-electron chi connectivity index (χ1n) is 15.4. The number of sulfone groups is 1. The fourth-order valence-electron chi connectivity index (χ4n) is 6.20. The Bertz CT molecular complexity index is 1240. The summed E-state index contributed by atoms with van der Waals surface area (Å²) in [6.07, 6.45) is 15.5. The summed E-state index contributed by atoms with van der Waals surface area (Å²) in [6.45, 7) is 11.9. The fraction of sp³-hybridized carbons (Fsp3) is 0.656. The maximum absolute atomic E-state index is 13.2. The molecule has 0 atom stereocenters. The van der Waals surface area contributed by atoms with Gasteiger partial charge in [-0.3, -0.25) is 9.59 Å². The van der Waals surface area contributed by atoms with Gasteiger partial charge in [0.1, 0.15) is 11.5 Å². The van der Waals surface area contributed by atoms with Crippen molar-refractivity contribution in [3.63, 3.8) is 0 Å². The number of unbranched alkanes of at least 4 members (excludes halogenated alkanes) is 2. The summed E-state index contributed by atoms with van der Waals surface area (Å²) in [7, 11) is -3.78. The monoisotopic (exact) mass is 633 g/mol. The first kappa shape index (κ1) is 32.9. The largest absolute Gasteiger partial charge is 0.425 e. The smallest absolute Gasteiger partial charge is 0.314 e. The maximum atomic E-state index is 13.2. The zero-order chi connectivity index (χ0) is 30.3. The molecule has 0 aromatic heterocycles. The van der Waals surface area contributed by atoms with Crippen LogP contribution in [0.3, 0.4) is 0 Å². The lowest BCUT2D eigenvalue weighted by atomic mass is 9.80. The lowest BCUT2D eigenvalue weighted by molar-refractivity contribution is -0.141. The third-order valence-electron chi connectivity index (χ3n) is 8.77. The number of benzene rings is 1. The molecule has 0 N–H and O–H groups in total. The van der Waals surface area contributed by atoms with Crippen molar-refractivity contribution in [3.05, 3.63) is 32.8 Å². The number of thioether (sulfide) groups is 2. The predicted molar refractivity (Wildman–Crippen MR) is 168 cm³/mol. The number of nitrogens with zero attached hydrogens (tertiary/aromatic N) is 1. The third-order valence-corrected chi connectivity index (χ3v) is 12.6. The summed E-state index contributed by atoms with van der Waals surface area (Å²) in [5.74, 6) is 1.04. The Morgan fingerprint density at radius 3 is 1.55 bits per heavy atom. The Morgan fingerprint density at radius 1 is 0.810 bits per heavy atom. The molecule has 42 heavy (non-hydrogen) atoms. The van der Waals surface area contributed by atoms with Crippen LogP contribution in [0.25, 0.3) is 4.85 Å². The number of hydrogen-bond acceptors (Lipinski definition) is 8. The minimum atomic E-state index is -3.78. The van der Waals surface area contributed by atoms with Crippen LogP contribution in [0.4, 0.5) is 0 Å². The number of carbonyl (C=O) groups is 2. The van der Waals surface area contributed by atoms with Gasteiger partial charge in [0, 0.05) is 6.26 Å². The third kappa shape index (κ3) is 8.35. The molecule has 10 heteroatoms. The highest BCUT2D eigenvalue weighted by Gasteiger charge is 2.35. The lowest BCUT2D eigenvalue weighted by Crippen LogP contribution is -2.26. The molecule has 4 rings (SSSR count). The van der Waals surface area contributed by atoms with E-state index in [4.69, 9.17) is 16.0 Å². The van der Waals surface area contributed by atoms with Crippen LogP contribution in [0.15, 0.2) is 31.2 Å². The van der Waals surface area contributed by atoms with E-state index in [-0.39, 0.29) is 33.0 Å². The van der Waals surface area contributed by atoms with Crippen molar-refractivity contribution in [2.24, 2.45) is 23.7 Å². The van der Waals surface area contributed by atoms with Gasteiger partial charge >= 0.3 is 11.9 Å². The van der Waals surface area contributed by atoms with E-state index in [9.17, 15) is 18.0 Å². The van der Waals surface area contributed by atoms with Gasteiger partial charge in [-0.15, -0.1) is 0 Å². The molecule has 1 aromatic rings. The molecule has 230 valence electrons. The summed E-state index contributed by atoms with van der Waals surface area (Å²) < 4.78 is 36.8. The zero-order valence-electron chi connectivity index (χ0n) is 25.0. The van der Waals surface area contributed by atoms with E-state index in [0.29, 0.717) is 33.1 Å². The molecule has 2 aliphatic carbocycles. The molecule has 2 fully saturated rings. The Morgan fingerprint density at radius 2 is 1.21 bits per heavy atom. The highest BCUT2D eigenvalue weighted by molar-refractivity contribution is 8.25. The van der Waals surface area contributed by atoms with Crippen LogP contribution in [0.1, 0.15) is 104 Å². The second-order valence-electron chi connectivity index (χ2n) is 12.0. The van der Waals surface area contributed by atoms with Gasteiger partial charge in [-0.1, -0.05) is 75.9 Å². The molecule has 2 saturated carbocycles. The molecule has 0 bridgehead atoms. The van der Waals surface area contributed by atoms with Crippen LogP contribution in [-0.2, 0) is 19.4 Å². The van der Waals surface area contributed by atoms with E-state index in [0.717, 1.165) is 81.1 Å². The van der Waals surface area contributed by atoms with E-state index >= 15 is 0 Å². The molecule has 0 radical (unpaired) electrons. The second-order valence-corrected chi connectivity index (χ2v) is 16.2. The van der Waals surface area contributed by atoms with Crippen molar-refractivity contribution in [3.8, 4) is 11.5 Å². The molecule has 1 aromatic carbocycles. The van der Waals surface area contributed by atoms with Crippen LogP contribution >= 0.6 is 23.5 Å². The van der Waals surface area contributed by atoms with Crippen molar-refractivity contribution in [1.29, 1.82) is 0 Å². The Labute approximate surface area is 259 Å². The summed E-state index contributed by atoms with van der Waals surface area (Å²) >= 11 is 2.17. The molecule has 7 nitrogen and oxygen atoms in total. The van der Waals surface area contributed by atoms with E-state index in [1.165, 1.54) is 38.5 Å². The molecular formula is C32H43NO6S3. The number of ether oxygens (including phenoxy) is 2. The van der Waals surface area contributed by atoms with Gasteiger partial charge in [0.15, 0.2) is 9.84 Å². The normalized spacial score (nSPS) is 24.0. The Hall–Kier alpha value is -1.96. The molecule has 0 spiro atoms. The summed E-state index contributed by atoms with van der Waals surface area (Å²) in [4.78, 5) is 30.7. The van der Waals surface area contributed by atoms with Gasteiger partial charge in [-0.2, -0.15) is 0 Å². The number of carbonyl (C=O) groups excluding carboxylic acids is 2. The van der Waals surface area contributed by atoms with Crippen LogP contribution in [-0.4, -0.2) is 26.6 Å². The van der Waals surface area contributed by atoms with Gasteiger partial charge in [0.25, 0.3) is 5.03 Å². The molecular weight excluding hydrogens is 591 g/mol. The second kappa shape index (κ2) is 15.2. The number of esters is 2. The van der Waals surface area contributed by atoms with Gasteiger partial charge in [-0.05, 0) is 75.3 Å². The van der Waals surface area contributed by atoms with Crippen molar-refractivity contribution < 1.29 is 27.5 Å². The van der Waals surface area contributed by atoms with Gasteiger partial charge in [0.05, 0.1) is 32.4 Å². The van der Waals surface area contributed by atoms with E-state index < -0.39 is 9.84 Å². The van der Waals surface area contributed by atoms with E-state index in [2.05, 4.69) is 18.7 Å². The standard InChI is InChI=1S/C32H43NO6S3/c1-5-7-9-21-11-15-23(16-12-21)30(34)38-25-19-20-26(28-27(25)40-32(41-28)29(33-3)42(4,36)37)39-31(35)24-17-13-22(14-18-24)10-8-6-2/h19-24H,5-18H2,1-2,4H3. The molecule has 3 aliphatic rings. The molecule has 0 saturated heterocycles. The van der Waals surface area contributed by atoms with Gasteiger partial charge in [-0.25, -0.2) is 13.3 Å². The summed E-state index contributed by atoms with van der Waals surface area (Å²) in [5, 5.41) is -0.362. The Kier molecular flexibility index (Phi) is 11.9. The van der Waals surface area contributed by atoms with Crippen molar-refractivity contribution >= 4 is 45.3 Å². The topological polar surface area (TPSA) is 91.1 Å². The minimum Gasteiger partial charge on any atom is -0.425 e. The van der Waals surface area contributed by atoms with Gasteiger partial charge in [0.2, 0.25) is 0 Å². The number of fused-ring (bicyclic) bond motifs is 1. The number of hydrogen-bond donors (Lipinski definition) is 0. The summed E-state index contributed by atoms with van der Waals surface area (Å²) in [5.41, 5.74) is 0. The minimum absolute atomic E-state index is 0.174. The van der Waals surface area contributed by atoms with Gasteiger partial charge < -0.3 is 9.47 Å². The SMILES string of the molecule is [C-]#[N+]C(=C1Sc2c(OC(=O)C3CCC(CCCC)CC3)ccc(OC(=O)C3CCC(CCCC)CC3)c2S1)S(C)(=O)=O. The molecule has 1 heterocycles. The van der Waals surface area contributed by atoms with Crippen LogP contribution in [0.5, 0.6) is 11.5 Å². The molecule has 0 amide bonds. The molecule has 0 unspecified atom stereocenters. The predicted octanol–water partition coefficient (Wildman–Crippen LogP) is 8.78. The fourth-order valence-corrected chi connectivity index (χ4v) is 10.2.